The lowest BCUT2D eigenvalue weighted by Crippen LogP contribution is -2.27. The molecule has 148 valence electrons. The van der Waals surface area contributed by atoms with Crippen molar-refractivity contribution in [3.05, 3.63) is 49.6 Å². The number of methoxy groups -OCH3 is 2. The molecule has 0 spiro atoms. The van der Waals surface area contributed by atoms with Gasteiger partial charge in [-0.2, -0.15) is 0 Å². The van der Waals surface area contributed by atoms with Crippen molar-refractivity contribution >= 4 is 44.5 Å². The Labute approximate surface area is 180 Å². The molecule has 0 saturated heterocycles. The maximum Gasteiger partial charge on any atom is 0.224 e. The first kappa shape index (κ1) is 20.8. The van der Waals surface area contributed by atoms with Gasteiger partial charge in [0.15, 0.2) is 11.5 Å². The Morgan fingerprint density at radius 3 is 2.64 bits per heavy atom. The number of halogens is 1. The lowest BCUT2D eigenvalue weighted by molar-refractivity contribution is -0.120. The van der Waals surface area contributed by atoms with E-state index in [0.29, 0.717) is 18.0 Å². The molecule has 0 saturated carbocycles. The topological polar surface area (TPSA) is 60.5 Å². The summed E-state index contributed by atoms with van der Waals surface area (Å²) in [5.74, 6) is 1.21. The van der Waals surface area contributed by atoms with Gasteiger partial charge in [-0.05, 0) is 43.2 Å². The largest absolute Gasteiger partial charge is 0.493 e. The summed E-state index contributed by atoms with van der Waals surface area (Å²) in [6, 6.07) is 7.83. The summed E-state index contributed by atoms with van der Waals surface area (Å²) in [6.07, 6.45) is 1.07. The number of thiophene rings is 1. The zero-order chi connectivity index (χ0) is 20.1. The number of ether oxygens (including phenoxy) is 2. The molecular weight excluding hydrogens is 460 g/mol. The Balaban J connectivity index is 1.53. The van der Waals surface area contributed by atoms with E-state index in [9.17, 15) is 4.79 Å². The monoisotopic (exact) mass is 480 g/mol. The number of benzene rings is 1. The summed E-state index contributed by atoms with van der Waals surface area (Å²) >= 11 is 6.87. The predicted molar refractivity (Wildman–Crippen MR) is 118 cm³/mol. The van der Waals surface area contributed by atoms with E-state index in [4.69, 9.17) is 9.47 Å². The standard InChI is InChI=1S/C20H21BrN2O3S2/c1-12-23-16(11-27-12)19-5-4-14(28-19)6-7-22-20(24)9-13-8-17(25-2)18(26-3)10-15(13)21/h4-5,8,10-11H,6-7,9H2,1-3H3,(H,22,24). The predicted octanol–water partition coefficient (Wildman–Crippen LogP) is 4.86. The van der Waals surface area contributed by atoms with E-state index < -0.39 is 0 Å². The molecule has 0 aliphatic carbocycles. The van der Waals surface area contributed by atoms with Crippen molar-refractivity contribution in [3.63, 3.8) is 0 Å². The summed E-state index contributed by atoms with van der Waals surface area (Å²) in [5, 5.41) is 6.13. The molecule has 2 aromatic heterocycles. The fourth-order valence-corrected chi connectivity index (χ4v) is 4.84. The van der Waals surface area contributed by atoms with Gasteiger partial charge in [0.05, 0.1) is 36.2 Å². The number of amides is 1. The number of carbonyl (C=O) groups is 1. The molecule has 28 heavy (non-hydrogen) atoms. The molecule has 3 rings (SSSR count). The number of aryl methyl sites for hydroxylation is 1. The first-order valence-electron chi connectivity index (χ1n) is 8.68. The highest BCUT2D eigenvalue weighted by molar-refractivity contribution is 9.10. The van der Waals surface area contributed by atoms with Gasteiger partial charge in [-0.25, -0.2) is 4.98 Å². The van der Waals surface area contributed by atoms with Crippen LogP contribution in [0, 0.1) is 6.92 Å². The number of hydrogen-bond acceptors (Lipinski definition) is 6. The highest BCUT2D eigenvalue weighted by Gasteiger charge is 2.13. The first-order chi connectivity index (χ1) is 13.5. The molecule has 0 bridgehead atoms. The van der Waals surface area contributed by atoms with Crippen LogP contribution in [-0.4, -0.2) is 31.7 Å². The summed E-state index contributed by atoms with van der Waals surface area (Å²) < 4.78 is 11.4. The number of hydrogen-bond donors (Lipinski definition) is 1. The molecule has 5 nitrogen and oxygen atoms in total. The van der Waals surface area contributed by atoms with Gasteiger partial charge in [0.1, 0.15) is 0 Å². The number of thiazole rings is 1. The quantitative estimate of drug-likeness (QED) is 0.499. The summed E-state index contributed by atoms with van der Waals surface area (Å²) in [6.45, 7) is 2.61. The second kappa shape index (κ2) is 9.54. The molecule has 3 aromatic rings. The molecule has 1 amide bonds. The van der Waals surface area contributed by atoms with Crippen molar-refractivity contribution in [1.82, 2.24) is 10.3 Å². The van der Waals surface area contributed by atoms with Gasteiger partial charge < -0.3 is 14.8 Å². The number of aromatic nitrogens is 1. The van der Waals surface area contributed by atoms with Crippen molar-refractivity contribution in [2.24, 2.45) is 0 Å². The average Bonchev–Trinajstić information content (AvgIpc) is 3.32. The van der Waals surface area contributed by atoms with E-state index in [0.717, 1.165) is 27.2 Å². The second-order valence-corrected chi connectivity index (χ2v) is 9.18. The zero-order valence-electron chi connectivity index (χ0n) is 15.9. The summed E-state index contributed by atoms with van der Waals surface area (Å²) in [4.78, 5) is 19.2. The van der Waals surface area contributed by atoms with Crippen LogP contribution in [-0.2, 0) is 17.6 Å². The van der Waals surface area contributed by atoms with Crippen molar-refractivity contribution < 1.29 is 14.3 Å². The SMILES string of the molecule is COc1cc(Br)c(CC(=O)NCCc2ccc(-c3csc(C)n3)s2)cc1OC. The van der Waals surface area contributed by atoms with Crippen molar-refractivity contribution in [2.75, 3.05) is 20.8 Å². The molecule has 8 heteroatoms. The first-order valence-corrected chi connectivity index (χ1v) is 11.2. The van der Waals surface area contributed by atoms with Gasteiger partial charge in [-0.3, -0.25) is 4.79 Å². The Hall–Kier alpha value is -1.90. The Morgan fingerprint density at radius 1 is 1.21 bits per heavy atom. The van der Waals surface area contributed by atoms with E-state index in [1.165, 1.54) is 9.75 Å². The number of nitrogens with one attached hydrogen (secondary N) is 1. The Bertz CT molecular complexity index is 968. The zero-order valence-corrected chi connectivity index (χ0v) is 19.1. The van der Waals surface area contributed by atoms with Crippen molar-refractivity contribution in [2.45, 2.75) is 19.8 Å². The molecule has 2 heterocycles. The second-order valence-electron chi connectivity index (χ2n) is 6.09. The summed E-state index contributed by atoms with van der Waals surface area (Å²) in [7, 11) is 3.17. The summed E-state index contributed by atoms with van der Waals surface area (Å²) in [5.41, 5.74) is 1.88. The van der Waals surface area contributed by atoms with Crippen LogP contribution in [0.4, 0.5) is 0 Å². The Morgan fingerprint density at radius 2 is 1.96 bits per heavy atom. The molecule has 1 aromatic carbocycles. The van der Waals surface area contributed by atoms with E-state index in [1.54, 1.807) is 36.9 Å². The minimum Gasteiger partial charge on any atom is -0.493 e. The highest BCUT2D eigenvalue weighted by Crippen LogP contribution is 2.33. The molecule has 1 N–H and O–H groups in total. The van der Waals surface area contributed by atoms with Crippen molar-refractivity contribution in [1.29, 1.82) is 0 Å². The van der Waals surface area contributed by atoms with Crippen LogP contribution in [0.5, 0.6) is 11.5 Å². The maximum absolute atomic E-state index is 12.3. The minimum absolute atomic E-state index is 0.0279. The maximum atomic E-state index is 12.3. The van der Waals surface area contributed by atoms with Gasteiger partial charge in [-0.15, -0.1) is 22.7 Å². The van der Waals surface area contributed by atoms with Crippen LogP contribution in [0.1, 0.15) is 15.4 Å². The molecule has 0 aliphatic rings. The van der Waals surface area contributed by atoms with Gasteiger partial charge in [0, 0.05) is 21.3 Å². The highest BCUT2D eigenvalue weighted by atomic mass is 79.9. The van der Waals surface area contributed by atoms with Crippen LogP contribution in [0.3, 0.4) is 0 Å². The third-order valence-electron chi connectivity index (χ3n) is 4.13. The third kappa shape index (κ3) is 5.12. The molecule has 0 atom stereocenters. The molecule has 0 fully saturated rings. The van der Waals surface area contributed by atoms with E-state index in [-0.39, 0.29) is 12.3 Å². The van der Waals surface area contributed by atoms with Gasteiger partial charge in [0.25, 0.3) is 0 Å². The van der Waals surface area contributed by atoms with Crippen molar-refractivity contribution in [3.8, 4) is 22.1 Å². The van der Waals surface area contributed by atoms with Gasteiger partial charge >= 0.3 is 0 Å². The molecule has 0 aliphatic heterocycles. The fraction of sp³-hybridized carbons (Fsp3) is 0.300. The molecule has 0 radical (unpaired) electrons. The van der Waals surface area contributed by atoms with Crippen LogP contribution in [0.2, 0.25) is 0 Å². The molecular formula is C20H21BrN2O3S2. The third-order valence-corrected chi connectivity index (χ3v) is 6.81. The fourth-order valence-electron chi connectivity index (χ4n) is 2.72. The number of carbonyl (C=O) groups excluding carboxylic acids is 1. The average molecular weight is 481 g/mol. The van der Waals surface area contributed by atoms with Crippen LogP contribution < -0.4 is 14.8 Å². The lowest BCUT2D eigenvalue weighted by atomic mass is 10.1. The van der Waals surface area contributed by atoms with E-state index in [2.05, 4.69) is 43.7 Å². The van der Waals surface area contributed by atoms with Crippen LogP contribution in [0.15, 0.2) is 34.1 Å². The molecule has 0 unspecified atom stereocenters. The smallest absolute Gasteiger partial charge is 0.224 e. The van der Waals surface area contributed by atoms with E-state index >= 15 is 0 Å². The lowest BCUT2D eigenvalue weighted by Gasteiger charge is -2.12. The van der Waals surface area contributed by atoms with Gasteiger partial charge in [-0.1, -0.05) is 15.9 Å². The van der Waals surface area contributed by atoms with E-state index in [1.807, 2.05) is 19.1 Å². The Kier molecular flexibility index (Phi) is 7.09. The van der Waals surface area contributed by atoms with Gasteiger partial charge in [0.2, 0.25) is 5.91 Å². The number of rotatable bonds is 8. The normalized spacial score (nSPS) is 10.7. The van der Waals surface area contributed by atoms with Crippen LogP contribution >= 0.6 is 38.6 Å². The van der Waals surface area contributed by atoms with Crippen LogP contribution in [0.25, 0.3) is 10.6 Å². The number of nitrogens with zero attached hydrogens (tertiary/aromatic N) is 1. The minimum atomic E-state index is -0.0279.